The van der Waals surface area contributed by atoms with Gasteiger partial charge in [0.25, 0.3) is 0 Å². The first-order chi connectivity index (χ1) is 9.42. The standard InChI is InChI=1S/C15H21NO3S/c1-3-15(20,4-2)13(14(18)19)16-12(17)10-11-8-6-5-7-9-11/h5-9,13,20H,3-4,10H2,1-2H3,(H,16,17)(H,18,19)/t13-/m1/s1. The largest absolute Gasteiger partial charge is 0.480 e. The van der Waals surface area contributed by atoms with Crippen LogP contribution in [0.25, 0.3) is 0 Å². The molecule has 0 aliphatic heterocycles. The summed E-state index contributed by atoms with van der Waals surface area (Å²) in [4.78, 5) is 23.4. The molecule has 5 heteroatoms. The van der Waals surface area contributed by atoms with Gasteiger partial charge in [-0.1, -0.05) is 44.2 Å². The summed E-state index contributed by atoms with van der Waals surface area (Å²) in [6, 6.07) is 8.24. The minimum atomic E-state index is -1.05. The van der Waals surface area contributed by atoms with Crippen LogP contribution in [0.5, 0.6) is 0 Å². The Morgan fingerprint density at radius 2 is 1.80 bits per heavy atom. The van der Waals surface area contributed by atoms with Crippen LogP contribution in [0.1, 0.15) is 32.3 Å². The minimum absolute atomic E-state index is 0.169. The van der Waals surface area contributed by atoms with Gasteiger partial charge in [-0.25, -0.2) is 4.79 Å². The summed E-state index contributed by atoms with van der Waals surface area (Å²) in [7, 11) is 0. The second kappa shape index (κ2) is 7.33. The third-order valence-corrected chi connectivity index (χ3v) is 4.41. The first kappa shape index (κ1) is 16.6. The van der Waals surface area contributed by atoms with Crippen LogP contribution < -0.4 is 5.32 Å². The van der Waals surface area contributed by atoms with Crippen molar-refractivity contribution in [1.29, 1.82) is 0 Å². The lowest BCUT2D eigenvalue weighted by molar-refractivity contribution is -0.142. The van der Waals surface area contributed by atoms with Gasteiger partial charge in [0.2, 0.25) is 5.91 Å². The lowest BCUT2D eigenvalue weighted by Crippen LogP contribution is -2.54. The van der Waals surface area contributed by atoms with Crippen molar-refractivity contribution in [3.63, 3.8) is 0 Å². The molecule has 0 radical (unpaired) electrons. The summed E-state index contributed by atoms with van der Waals surface area (Å²) in [5, 5.41) is 11.9. The molecule has 4 nitrogen and oxygen atoms in total. The van der Waals surface area contributed by atoms with E-state index in [-0.39, 0.29) is 12.3 Å². The maximum Gasteiger partial charge on any atom is 0.327 e. The predicted octanol–water partition coefficient (Wildman–Crippen LogP) is 2.29. The third kappa shape index (κ3) is 4.27. The molecule has 0 aliphatic rings. The fourth-order valence-corrected chi connectivity index (χ4v) is 2.25. The Morgan fingerprint density at radius 3 is 2.25 bits per heavy atom. The van der Waals surface area contributed by atoms with E-state index in [1.54, 1.807) is 0 Å². The number of aliphatic carboxylic acids is 1. The fourth-order valence-electron chi connectivity index (χ4n) is 2.08. The van der Waals surface area contributed by atoms with Gasteiger partial charge < -0.3 is 10.4 Å². The summed E-state index contributed by atoms with van der Waals surface area (Å²) in [5.74, 6) is -1.35. The van der Waals surface area contributed by atoms with E-state index in [9.17, 15) is 14.7 Å². The molecule has 1 amide bonds. The van der Waals surface area contributed by atoms with Gasteiger partial charge in [0.1, 0.15) is 6.04 Å². The monoisotopic (exact) mass is 295 g/mol. The molecule has 0 saturated heterocycles. The Kier molecular flexibility index (Phi) is 6.07. The maximum atomic E-state index is 12.0. The molecule has 0 bridgehead atoms. The predicted molar refractivity (Wildman–Crippen MR) is 82.0 cm³/mol. The smallest absolute Gasteiger partial charge is 0.327 e. The van der Waals surface area contributed by atoms with E-state index in [2.05, 4.69) is 17.9 Å². The number of hydrogen-bond donors (Lipinski definition) is 3. The molecule has 0 aliphatic carbocycles. The number of amides is 1. The van der Waals surface area contributed by atoms with Crippen molar-refractivity contribution in [3.05, 3.63) is 35.9 Å². The lowest BCUT2D eigenvalue weighted by atomic mass is 9.92. The van der Waals surface area contributed by atoms with Gasteiger partial charge in [-0.3, -0.25) is 4.79 Å². The van der Waals surface area contributed by atoms with Crippen LogP contribution in [0.15, 0.2) is 30.3 Å². The van der Waals surface area contributed by atoms with Gasteiger partial charge in [-0.2, -0.15) is 12.6 Å². The van der Waals surface area contributed by atoms with E-state index in [0.717, 1.165) is 5.56 Å². The van der Waals surface area contributed by atoms with Crippen molar-refractivity contribution in [2.75, 3.05) is 0 Å². The van der Waals surface area contributed by atoms with Crippen LogP contribution in [0.2, 0.25) is 0 Å². The van der Waals surface area contributed by atoms with Crippen molar-refractivity contribution >= 4 is 24.5 Å². The number of thiol groups is 1. The third-order valence-electron chi connectivity index (χ3n) is 3.52. The molecule has 0 aromatic heterocycles. The van der Waals surface area contributed by atoms with Gasteiger partial charge in [0.05, 0.1) is 6.42 Å². The van der Waals surface area contributed by atoms with Crippen molar-refractivity contribution in [3.8, 4) is 0 Å². The van der Waals surface area contributed by atoms with E-state index in [1.807, 2.05) is 44.2 Å². The van der Waals surface area contributed by atoms with E-state index in [1.165, 1.54) is 0 Å². The Bertz CT molecular complexity index is 457. The van der Waals surface area contributed by atoms with Crippen molar-refractivity contribution in [2.24, 2.45) is 0 Å². The minimum Gasteiger partial charge on any atom is -0.480 e. The zero-order chi connectivity index (χ0) is 15.2. The molecule has 2 N–H and O–H groups in total. The lowest BCUT2D eigenvalue weighted by Gasteiger charge is -2.32. The summed E-state index contributed by atoms with van der Waals surface area (Å²) >= 11 is 4.46. The zero-order valence-electron chi connectivity index (χ0n) is 11.8. The molecule has 0 unspecified atom stereocenters. The molecule has 0 fully saturated rings. The molecule has 110 valence electrons. The van der Waals surface area contributed by atoms with Crippen LogP contribution in [-0.4, -0.2) is 27.8 Å². The quantitative estimate of drug-likeness (QED) is 0.676. The SMILES string of the molecule is CCC(S)(CC)[C@H](NC(=O)Cc1ccccc1)C(=O)O. The van der Waals surface area contributed by atoms with Crippen LogP contribution in [0.4, 0.5) is 0 Å². The van der Waals surface area contributed by atoms with Crippen molar-refractivity contribution < 1.29 is 14.7 Å². The molecule has 1 rings (SSSR count). The van der Waals surface area contributed by atoms with Crippen LogP contribution >= 0.6 is 12.6 Å². The maximum absolute atomic E-state index is 12.0. The highest BCUT2D eigenvalue weighted by molar-refractivity contribution is 7.82. The fraction of sp³-hybridized carbons (Fsp3) is 0.467. The van der Waals surface area contributed by atoms with Gasteiger partial charge in [-0.05, 0) is 18.4 Å². The average Bonchev–Trinajstić information content (AvgIpc) is 2.44. The van der Waals surface area contributed by atoms with Crippen molar-refractivity contribution in [2.45, 2.75) is 43.9 Å². The number of carboxylic acid groups (broad SMARTS) is 1. The summed E-state index contributed by atoms with van der Waals surface area (Å²) in [6.07, 6.45) is 1.30. The van der Waals surface area contributed by atoms with Crippen LogP contribution in [-0.2, 0) is 16.0 Å². The second-order valence-electron chi connectivity index (χ2n) is 4.81. The Hall–Kier alpha value is -1.49. The van der Waals surface area contributed by atoms with Gasteiger partial charge in [0, 0.05) is 4.75 Å². The molecular formula is C15H21NO3S. The number of carbonyl (C=O) groups is 2. The van der Waals surface area contributed by atoms with E-state index < -0.39 is 16.8 Å². The second-order valence-corrected chi connectivity index (χ2v) is 5.70. The number of carboxylic acids is 1. The topological polar surface area (TPSA) is 66.4 Å². The summed E-state index contributed by atoms with van der Waals surface area (Å²) in [5.41, 5.74) is 0.854. The highest BCUT2D eigenvalue weighted by atomic mass is 32.1. The van der Waals surface area contributed by atoms with Gasteiger partial charge >= 0.3 is 5.97 Å². The summed E-state index contributed by atoms with van der Waals surface area (Å²) < 4.78 is -0.738. The molecule has 1 atom stereocenters. The molecular weight excluding hydrogens is 274 g/mol. The van der Waals surface area contributed by atoms with E-state index >= 15 is 0 Å². The molecule has 1 aromatic carbocycles. The Morgan fingerprint density at radius 1 is 1.25 bits per heavy atom. The summed E-state index contributed by atoms with van der Waals surface area (Å²) in [6.45, 7) is 3.74. The normalized spacial score (nSPS) is 12.8. The first-order valence-electron chi connectivity index (χ1n) is 6.71. The Balaban J connectivity index is 2.76. The molecule has 1 aromatic rings. The number of rotatable bonds is 7. The average molecular weight is 295 g/mol. The first-order valence-corrected chi connectivity index (χ1v) is 7.16. The van der Waals surface area contributed by atoms with Gasteiger partial charge in [-0.15, -0.1) is 0 Å². The number of nitrogens with one attached hydrogen (secondary N) is 1. The van der Waals surface area contributed by atoms with Crippen molar-refractivity contribution in [1.82, 2.24) is 5.32 Å². The van der Waals surface area contributed by atoms with E-state index in [4.69, 9.17) is 0 Å². The zero-order valence-corrected chi connectivity index (χ0v) is 12.7. The molecule has 0 spiro atoms. The van der Waals surface area contributed by atoms with E-state index in [0.29, 0.717) is 12.8 Å². The molecule has 0 heterocycles. The number of hydrogen-bond acceptors (Lipinski definition) is 3. The van der Waals surface area contributed by atoms with Crippen LogP contribution in [0.3, 0.4) is 0 Å². The highest BCUT2D eigenvalue weighted by Gasteiger charge is 2.38. The molecule has 20 heavy (non-hydrogen) atoms. The van der Waals surface area contributed by atoms with Crippen LogP contribution in [0, 0.1) is 0 Å². The highest BCUT2D eigenvalue weighted by Crippen LogP contribution is 2.28. The number of benzene rings is 1. The number of carbonyl (C=O) groups excluding carboxylic acids is 1. The van der Waals surface area contributed by atoms with Gasteiger partial charge in [0.15, 0.2) is 0 Å². The molecule has 0 saturated carbocycles. The Labute approximate surface area is 125 Å².